The van der Waals surface area contributed by atoms with Gasteiger partial charge in [0, 0.05) is 10.6 Å². The highest BCUT2D eigenvalue weighted by Gasteiger charge is 2.12. The molecule has 16 heavy (non-hydrogen) atoms. The fraction of sp³-hybridized carbons (Fsp3) is 0.417. The maximum absolute atomic E-state index is 11.4. The van der Waals surface area contributed by atoms with Crippen molar-refractivity contribution in [2.24, 2.45) is 5.73 Å². The lowest BCUT2D eigenvalue weighted by molar-refractivity contribution is -0.117. The van der Waals surface area contributed by atoms with Crippen LogP contribution in [0.2, 0.25) is 0 Å². The van der Waals surface area contributed by atoms with E-state index in [1.54, 1.807) is 6.92 Å². The fourth-order valence-corrected chi connectivity index (χ4v) is 2.71. The highest BCUT2D eigenvalue weighted by Crippen LogP contribution is 2.31. The normalized spacial score (nSPS) is 16.4. The van der Waals surface area contributed by atoms with Gasteiger partial charge in [-0.25, -0.2) is 0 Å². The number of benzene rings is 1. The summed E-state index contributed by atoms with van der Waals surface area (Å²) in [6.45, 7) is 1.68. The molecule has 0 spiro atoms. The third-order valence-electron chi connectivity index (χ3n) is 2.59. The first-order chi connectivity index (χ1) is 7.66. The first kappa shape index (κ1) is 11.5. The number of nitrogens with two attached hydrogens (primary N) is 1. The van der Waals surface area contributed by atoms with E-state index < -0.39 is 6.04 Å². The van der Waals surface area contributed by atoms with Crippen molar-refractivity contribution in [2.75, 3.05) is 11.1 Å². The lowest BCUT2D eigenvalue weighted by Crippen LogP contribution is -2.32. The van der Waals surface area contributed by atoms with Crippen LogP contribution in [0.25, 0.3) is 0 Å². The van der Waals surface area contributed by atoms with E-state index in [4.69, 9.17) is 5.73 Å². The molecule has 3 nitrogen and oxygen atoms in total. The molecule has 1 aromatic carbocycles. The minimum absolute atomic E-state index is 0.136. The molecule has 1 atom stereocenters. The van der Waals surface area contributed by atoms with E-state index in [1.807, 2.05) is 17.8 Å². The molecule has 1 aromatic rings. The van der Waals surface area contributed by atoms with Crippen molar-refractivity contribution in [2.45, 2.75) is 30.7 Å². The van der Waals surface area contributed by atoms with Gasteiger partial charge in [-0.3, -0.25) is 4.79 Å². The third kappa shape index (κ3) is 2.57. The molecule has 0 bridgehead atoms. The molecule has 0 aliphatic carbocycles. The number of hydrogen-bond donors (Lipinski definition) is 2. The largest absolute Gasteiger partial charge is 0.325 e. The Morgan fingerprint density at radius 2 is 2.38 bits per heavy atom. The SMILES string of the molecule is CC(N)C(=O)Nc1ccc2c(c1)CCCS2. The number of rotatable bonds is 2. The van der Waals surface area contributed by atoms with Crippen molar-refractivity contribution in [3.63, 3.8) is 0 Å². The van der Waals surface area contributed by atoms with Gasteiger partial charge < -0.3 is 11.1 Å². The summed E-state index contributed by atoms with van der Waals surface area (Å²) in [4.78, 5) is 12.8. The molecule has 1 amide bonds. The van der Waals surface area contributed by atoms with Crippen LogP contribution in [0.5, 0.6) is 0 Å². The monoisotopic (exact) mass is 236 g/mol. The molecule has 1 aliphatic heterocycles. The van der Waals surface area contributed by atoms with Gasteiger partial charge in [0.1, 0.15) is 0 Å². The molecule has 2 rings (SSSR count). The van der Waals surface area contributed by atoms with Crippen molar-refractivity contribution in [3.8, 4) is 0 Å². The molecule has 1 heterocycles. The average molecular weight is 236 g/mol. The van der Waals surface area contributed by atoms with Gasteiger partial charge in [-0.15, -0.1) is 11.8 Å². The Bertz CT molecular complexity index is 404. The van der Waals surface area contributed by atoms with Crippen LogP contribution < -0.4 is 11.1 Å². The van der Waals surface area contributed by atoms with Crippen LogP contribution in [-0.4, -0.2) is 17.7 Å². The molecule has 1 unspecified atom stereocenters. The Morgan fingerprint density at radius 1 is 1.56 bits per heavy atom. The molecule has 3 N–H and O–H groups in total. The van der Waals surface area contributed by atoms with Gasteiger partial charge in [0.2, 0.25) is 5.91 Å². The fourth-order valence-electron chi connectivity index (χ4n) is 1.69. The number of nitrogens with one attached hydrogen (secondary N) is 1. The summed E-state index contributed by atoms with van der Waals surface area (Å²) < 4.78 is 0. The van der Waals surface area contributed by atoms with Crippen LogP contribution in [0.1, 0.15) is 18.9 Å². The van der Waals surface area contributed by atoms with Crippen LogP contribution in [0.4, 0.5) is 5.69 Å². The summed E-state index contributed by atoms with van der Waals surface area (Å²) in [6.07, 6.45) is 2.31. The quantitative estimate of drug-likeness (QED) is 0.826. The first-order valence-corrected chi connectivity index (χ1v) is 6.47. The topological polar surface area (TPSA) is 55.1 Å². The summed E-state index contributed by atoms with van der Waals surface area (Å²) in [6, 6.07) is 5.61. The summed E-state index contributed by atoms with van der Waals surface area (Å²) in [7, 11) is 0. The summed E-state index contributed by atoms with van der Waals surface area (Å²) in [5, 5.41) is 2.82. The molecule has 86 valence electrons. The zero-order valence-electron chi connectivity index (χ0n) is 9.32. The maximum atomic E-state index is 11.4. The number of amides is 1. The predicted octanol–water partition coefficient (Wildman–Crippen LogP) is 2.01. The van der Waals surface area contributed by atoms with Crippen molar-refractivity contribution < 1.29 is 4.79 Å². The van der Waals surface area contributed by atoms with E-state index in [0.717, 1.165) is 12.1 Å². The van der Waals surface area contributed by atoms with Crippen molar-refractivity contribution in [1.82, 2.24) is 0 Å². The van der Waals surface area contributed by atoms with Gasteiger partial charge >= 0.3 is 0 Å². The van der Waals surface area contributed by atoms with Gasteiger partial charge in [0.15, 0.2) is 0 Å². The predicted molar refractivity (Wildman–Crippen MR) is 67.8 cm³/mol. The lowest BCUT2D eigenvalue weighted by atomic mass is 10.1. The van der Waals surface area contributed by atoms with Gasteiger partial charge in [-0.2, -0.15) is 0 Å². The molecular weight excluding hydrogens is 220 g/mol. The number of thioether (sulfide) groups is 1. The van der Waals surface area contributed by atoms with E-state index >= 15 is 0 Å². The third-order valence-corrected chi connectivity index (χ3v) is 3.79. The summed E-state index contributed by atoms with van der Waals surface area (Å²) >= 11 is 1.89. The number of carbonyl (C=O) groups excluding carboxylic acids is 1. The van der Waals surface area contributed by atoms with Crippen molar-refractivity contribution >= 4 is 23.4 Å². The first-order valence-electron chi connectivity index (χ1n) is 5.49. The zero-order chi connectivity index (χ0) is 11.5. The molecule has 0 aromatic heterocycles. The number of anilines is 1. The van der Waals surface area contributed by atoms with Gasteiger partial charge in [-0.1, -0.05) is 0 Å². The molecule has 0 fully saturated rings. The van der Waals surface area contributed by atoms with Crippen molar-refractivity contribution in [3.05, 3.63) is 23.8 Å². The zero-order valence-corrected chi connectivity index (χ0v) is 10.1. The molecule has 0 saturated carbocycles. The molecule has 4 heteroatoms. The summed E-state index contributed by atoms with van der Waals surface area (Å²) in [5.74, 6) is 1.06. The smallest absolute Gasteiger partial charge is 0.240 e. The maximum Gasteiger partial charge on any atom is 0.240 e. The Balaban J connectivity index is 2.14. The van der Waals surface area contributed by atoms with Crippen LogP contribution in [0.15, 0.2) is 23.1 Å². The van der Waals surface area contributed by atoms with E-state index in [-0.39, 0.29) is 5.91 Å². The van der Waals surface area contributed by atoms with Crippen LogP contribution in [-0.2, 0) is 11.2 Å². The molecule has 0 saturated heterocycles. The van der Waals surface area contributed by atoms with Gasteiger partial charge in [0.25, 0.3) is 0 Å². The number of fused-ring (bicyclic) bond motifs is 1. The van der Waals surface area contributed by atoms with Crippen LogP contribution >= 0.6 is 11.8 Å². The van der Waals surface area contributed by atoms with Gasteiger partial charge in [0.05, 0.1) is 6.04 Å². The Hall–Kier alpha value is -1.00. The van der Waals surface area contributed by atoms with E-state index in [2.05, 4.69) is 17.4 Å². The highest BCUT2D eigenvalue weighted by molar-refractivity contribution is 7.99. The standard InChI is InChI=1S/C12H16N2OS/c1-8(13)12(15)14-10-4-5-11-9(7-10)3-2-6-16-11/h4-5,7-8H,2-3,6,13H2,1H3,(H,14,15). The van der Waals surface area contributed by atoms with Gasteiger partial charge in [-0.05, 0) is 49.3 Å². The highest BCUT2D eigenvalue weighted by atomic mass is 32.2. The van der Waals surface area contributed by atoms with E-state index in [1.165, 1.54) is 22.6 Å². The Labute approximate surface area is 99.8 Å². The van der Waals surface area contributed by atoms with E-state index in [9.17, 15) is 4.79 Å². The minimum atomic E-state index is -0.467. The van der Waals surface area contributed by atoms with Crippen molar-refractivity contribution in [1.29, 1.82) is 0 Å². The minimum Gasteiger partial charge on any atom is -0.325 e. The van der Waals surface area contributed by atoms with Crippen LogP contribution in [0, 0.1) is 0 Å². The second kappa shape index (κ2) is 4.89. The van der Waals surface area contributed by atoms with E-state index in [0.29, 0.717) is 0 Å². The average Bonchev–Trinajstić information content (AvgIpc) is 2.28. The summed E-state index contributed by atoms with van der Waals surface area (Å²) in [5.41, 5.74) is 7.69. The number of aryl methyl sites for hydroxylation is 1. The van der Waals surface area contributed by atoms with Crippen LogP contribution in [0.3, 0.4) is 0 Å². The Kier molecular flexibility index (Phi) is 3.51. The second-order valence-corrected chi connectivity index (χ2v) is 5.19. The molecule has 0 radical (unpaired) electrons. The number of carbonyl (C=O) groups is 1. The lowest BCUT2D eigenvalue weighted by Gasteiger charge is -2.16. The number of hydrogen-bond acceptors (Lipinski definition) is 3. The molecule has 1 aliphatic rings. The Morgan fingerprint density at radius 3 is 3.12 bits per heavy atom. The molecular formula is C12H16N2OS. The second-order valence-electron chi connectivity index (χ2n) is 4.05.